The second-order valence-corrected chi connectivity index (χ2v) is 4.50. The van der Waals surface area contributed by atoms with Crippen LogP contribution < -0.4 is 11.1 Å². The first kappa shape index (κ1) is 11.9. The van der Waals surface area contributed by atoms with Gasteiger partial charge in [0.05, 0.1) is 11.2 Å². The molecule has 0 bridgehead atoms. The summed E-state index contributed by atoms with van der Waals surface area (Å²) in [6.07, 6.45) is 2.32. The van der Waals surface area contributed by atoms with Crippen molar-refractivity contribution in [2.75, 3.05) is 12.3 Å². The quantitative estimate of drug-likeness (QED) is 0.689. The number of nitrogens with one attached hydrogen (secondary N) is 1. The minimum Gasteiger partial charge on any atom is -0.399 e. The van der Waals surface area contributed by atoms with Gasteiger partial charge in [-0.15, -0.1) is 0 Å². The number of aliphatic hydroxyl groups is 1. The lowest BCUT2D eigenvalue weighted by molar-refractivity contribution is -0.0300. The van der Waals surface area contributed by atoms with Crippen molar-refractivity contribution in [2.24, 2.45) is 0 Å². The molecule has 1 aliphatic rings. The molecule has 0 heterocycles. The number of amides is 1. The molecule has 0 aliphatic heterocycles. The molecule has 1 aromatic carbocycles. The number of rotatable bonds is 3. The van der Waals surface area contributed by atoms with Crippen LogP contribution in [0.2, 0.25) is 0 Å². The van der Waals surface area contributed by atoms with E-state index < -0.39 is 17.3 Å². The summed E-state index contributed by atoms with van der Waals surface area (Å²) in [5.41, 5.74) is 4.81. The van der Waals surface area contributed by atoms with Crippen molar-refractivity contribution in [3.8, 4) is 0 Å². The summed E-state index contributed by atoms with van der Waals surface area (Å²) in [7, 11) is 0. The molecule has 17 heavy (non-hydrogen) atoms. The molecule has 4 nitrogen and oxygen atoms in total. The van der Waals surface area contributed by atoms with E-state index in [0.717, 1.165) is 12.5 Å². The maximum absolute atomic E-state index is 13.4. The molecule has 92 valence electrons. The van der Waals surface area contributed by atoms with E-state index >= 15 is 0 Å². The van der Waals surface area contributed by atoms with Gasteiger partial charge in [-0.1, -0.05) is 0 Å². The van der Waals surface area contributed by atoms with Crippen LogP contribution in [0, 0.1) is 5.82 Å². The molecule has 5 heteroatoms. The van der Waals surface area contributed by atoms with Crippen LogP contribution in [0.5, 0.6) is 0 Å². The number of nitrogen functional groups attached to an aromatic ring is 1. The molecule has 0 atom stereocenters. The van der Waals surface area contributed by atoms with Crippen molar-refractivity contribution in [3.05, 3.63) is 29.6 Å². The standard InChI is InChI=1S/C12H15FN2O2/c13-10-6-8(14)2-3-9(10)11(16)15-7-12(17)4-1-5-12/h2-3,6,17H,1,4-5,7,14H2,(H,15,16). The van der Waals surface area contributed by atoms with Crippen LogP contribution in [0.25, 0.3) is 0 Å². The first-order valence-corrected chi connectivity index (χ1v) is 5.56. The molecule has 1 fully saturated rings. The van der Waals surface area contributed by atoms with Crippen molar-refractivity contribution < 1.29 is 14.3 Å². The van der Waals surface area contributed by atoms with E-state index in [-0.39, 0.29) is 17.8 Å². The largest absolute Gasteiger partial charge is 0.399 e. The number of hydrogen-bond donors (Lipinski definition) is 3. The van der Waals surface area contributed by atoms with Gasteiger partial charge in [0, 0.05) is 12.2 Å². The number of halogens is 1. The Bertz CT molecular complexity index is 444. The van der Waals surface area contributed by atoms with Gasteiger partial charge in [-0.25, -0.2) is 4.39 Å². The van der Waals surface area contributed by atoms with Crippen LogP contribution in [0.1, 0.15) is 29.6 Å². The fourth-order valence-corrected chi connectivity index (χ4v) is 1.82. The van der Waals surface area contributed by atoms with Crippen molar-refractivity contribution in [3.63, 3.8) is 0 Å². The molecule has 0 aromatic heterocycles. The number of carbonyl (C=O) groups is 1. The molecule has 4 N–H and O–H groups in total. The Morgan fingerprint density at radius 3 is 2.76 bits per heavy atom. The summed E-state index contributed by atoms with van der Waals surface area (Å²) in [4.78, 5) is 11.7. The average molecular weight is 238 g/mol. The Morgan fingerprint density at radius 1 is 1.53 bits per heavy atom. The Balaban J connectivity index is 1.99. The Labute approximate surface area is 98.6 Å². The summed E-state index contributed by atoms with van der Waals surface area (Å²) in [5, 5.41) is 12.3. The second-order valence-electron chi connectivity index (χ2n) is 4.50. The summed E-state index contributed by atoms with van der Waals surface area (Å²) in [6.45, 7) is 0.162. The van der Waals surface area contributed by atoms with Crippen LogP contribution in [0.3, 0.4) is 0 Å². The van der Waals surface area contributed by atoms with E-state index in [0.29, 0.717) is 12.8 Å². The molecular weight excluding hydrogens is 223 g/mol. The number of benzene rings is 1. The van der Waals surface area contributed by atoms with E-state index in [1.807, 2.05) is 0 Å². The molecule has 0 saturated heterocycles. The summed E-state index contributed by atoms with van der Waals surface area (Å²) >= 11 is 0. The van der Waals surface area contributed by atoms with Gasteiger partial charge in [-0.2, -0.15) is 0 Å². The van der Waals surface area contributed by atoms with Crippen LogP contribution in [0.4, 0.5) is 10.1 Å². The van der Waals surface area contributed by atoms with Crippen molar-refractivity contribution in [2.45, 2.75) is 24.9 Å². The zero-order chi connectivity index (χ0) is 12.5. The SMILES string of the molecule is Nc1ccc(C(=O)NCC2(O)CCC2)c(F)c1. The number of nitrogens with two attached hydrogens (primary N) is 1. The highest BCUT2D eigenvalue weighted by Crippen LogP contribution is 2.30. The summed E-state index contributed by atoms with van der Waals surface area (Å²) in [6, 6.07) is 3.91. The van der Waals surface area contributed by atoms with Gasteiger partial charge < -0.3 is 16.2 Å². The normalized spacial score (nSPS) is 17.3. The van der Waals surface area contributed by atoms with Gasteiger partial charge in [-0.05, 0) is 37.5 Å². The molecular formula is C12H15FN2O2. The van der Waals surface area contributed by atoms with Crippen LogP contribution in [-0.4, -0.2) is 23.2 Å². The lowest BCUT2D eigenvalue weighted by Gasteiger charge is -2.36. The third-order valence-electron chi connectivity index (χ3n) is 3.10. The molecule has 0 radical (unpaired) electrons. The predicted molar refractivity (Wildman–Crippen MR) is 61.9 cm³/mol. The number of anilines is 1. The van der Waals surface area contributed by atoms with Gasteiger partial charge in [-0.3, -0.25) is 4.79 Å². The van der Waals surface area contributed by atoms with Crippen LogP contribution in [-0.2, 0) is 0 Å². The molecule has 2 rings (SSSR count). The summed E-state index contributed by atoms with van der Waals surface area (Å²) < 4.78 is 13.4. The highest BCUT2D eigenvalue weighted by molar-refractivity contribution is 5.94. The van der Waals surface area contributed by atoms with Gasteiger partial charge in [0.2, 0.25) is 0 Å². The third-order valence-corrected chi connectivity index (χ3v) is 3.10. The fourth-order valence-electron chi connectivity index (χ4n) is 1.82. The molecule has 1 saturated carbocycles. The highest BCUT2D eigenvalue weighted by atomic mass is 19.1. The van der Waals surface area contributed by atoms with E-state index in [4.69, 9.17) is 5.73 Å². The predicted octanol–water partition coefficient (Wildman–Crippen LogP) is 1.05. The molecule has 1 amide bonds. The fraction of sp³-hybridized carbons (Fsp3) is 0.417. The number of hydrogen-bond acceptors (Lipinski definition) is 3. The topological polar surface area (TPSA) is 75.4 Å². The molecule has 0 unspecified atom stereocenters. The Morgan fingerprint density at radius 2 is 2.24 bits per heavy atom. The Hall–Kier alpha value is -1.62. The maximum atomic E-state index is 13.4. The monoisotopic (exact) mass is 238 g/mol. The van der Waals surface area contributed by atoms with Crippen molar-refractivity contribution >= 4 is 11.6 Å². The molecule has 1 aromatic rings. The van der Waals surface area contributed by atoms with E-state index in [1.165, 1.54) is 12.1 Å². The Kier molecular flexibility index (Phi) is 3.02. The lowest BCUT2D eigenvalue weighted by atomic mass is 9.80. The van der Waals surface area contributed by atoms with Crippen LogP contribution >= 0.6 is 0 Å². The van der Waals surface area contributed by atoms with Gasteiger partial charge in [0.1, 0.15) is 5.82 Å². The molecule has 1 aliphatic carbocycles. The van der Waals surface area contributed by atoms with E-state index in [2.05, 4.69) is 5.32 Å². The first-order valence-electron chi connectivity index (χ1n) is 5.56. The minimum absolute atomic E-state index is 0.0536. The van der Waals surface area contributed by atoms with Gasteiger partial charge >= 0.3 is 0 Å². The zero-order valence-electron chi connectivity index (χ0n) is 9.37. The third kappa shape index (κ3) is 2.55. The smallest absolute Gasteiger partial charge is 0.254 e. The zero-order valence-corrected chi connectivity index (χ0v) is 9.37. The molecule has 0 spiro atoms. The average Bonchev–Trinajstić information content (AvgIpc) is 2.23. The van der Waals surface area contributed by atoms with Gasteiger partial charge in [0.25, 0.3) is 5.91 Å². The van der Waals surface area contributed by atoms with Crippen molar-refractivity contribution in [1.82, 2.24) is 5.32 Å². The van der Waals surface area contributed by atoms with Gasteiger partial charge in [0.15, 0.2) is 0 Å². The maximum Gasteiger partial charge on any atom is 0.254 e. The van der Waals surface area contributed by atoms with E-state index in [1.54, 1.807) is 0 Å². The lowest BCUT2D eigenvalue weighted by Crippen LogP contribution is -2.47. The summed E-state index contributed by atoms with van der Waals surface area (Å²) in [5.74, 6) is -1.18. The number of carbonyl (C=O) groups excluding carboxylic acids is 1. The van der Waals surface area contributed by atoms with E-state index in [9.17, 15) is 14.3 Å². The minimum atomic E-state index is -0.806. The second kappa shape index (κ2) is 4.33. The highest BCUT2D eigenvalue weighted by Gasteiger charge is 2.34. The first-order chi connectivity index (χ1) is 8.00. The van der Waals surface area contributed by atoms with Crippen LogP contribution in [0.15, 0.2) is 18.2 Å². The van der Waals surface area contributed by atoms with Crippen molar-refractivity contribution in [1.29, 1.82) is 0 Å².